The molecule has 0 spiro atoms. The van der Waals surface area contributed by atoms with E-state index in [1.807, 2.05) is 36.1 Å². The van der Waals surface area contributed by atoms with Gasteiger partial charge in [0, 0.05) is 31.9 Å². The zero-order chi connectivity index (χ0) is 14.2. The van der Waals surface area contributed by atoms with E-state index in [1.54, 1.807) is 6.20 Å². The Morgan fingerprint density at radius 3 is 2.62 bits per heavy atom. The number of hydrogen-bond donors (Lipinski definition) is 2. The Kier molecular flexibility index (Phi) is 7.50. The van der Waals surface area contributed by atoms with Crippen LogP contribution >= 0.6 is 12.4 Å². The maximum Gasteiger partial charge on any atom is 0.221 e. The molecule has 2 aromatic rings. The first-order chi connectivity index (χ1) is 9.79. The molecule has 0 saturated heterocycles. The molecule has 0 aliphatic carbocycles. The summed E-state index contributed by atoms with van der Waals surface area (Å²) in [7, 11) is 1.84. The van der Waals surface area contributed by atoms with Crippen molar-refractivity contribution in [2.75, 3.05) is 20.1 Å². The van der Waals surface area contributed by atoms with Crippen molar-refractivity contribution in [1.29, 1.82) is 0 Å². The van der Waals surface area contributed by atoms with E-state index in [4.69, 9.17) is 0 Å². The molecular weight excluding hydrogens is 288 g/mol. The highest BCUT2D eigenvalue weighted by Gasteiger charge is 2.00. The van der Waals surface area contributed by atoms with E-state index in [-0.39, 0.29) is 18.3 Å². The van der Waals surface area contributed by atoms with Gasteiger partial charge in [0.25, 0.3) is 0 Å². The number of aromatic nitrogens is 2. The van der Waals surface area contributed by atoms with E-state index in [0.29, 0.717) is 19.5 Å². The maximum absolute atomic E-state index is 11.4. The second kappa shape index (κ2) is 9.15. The summed E-state index contributed by atoms with van der Waals surface area (Å²) < 4.78 is 1.82. The number of nitrogens with one attached hydrogen (secondary N) is 2. The van der Waals surface area contributed by atoms with Crippen LogP contribution in [0.15, 0.2) is 42.7 Å². The zero-order valence-electron chi connectivity index (χ0n) is 12.1. The minimum absolute atomic E-state index is 0. The molecule has 0 aliphatic heterocycles. The SMILES string of the molecule is CNCCC(=O)NCCc1ccc(-n2cccn2)cc1.Cl. The minimum Gasteiger partial charge on any atom is -0.356 e. The van der Waals surface area contributed by atoms with Crippen molar-refractivity contribution >= 4 is 18.3 Å². The summed E-state index contributed by atoms with van der Waals surface area (Å²) in [5.74, 6) is 0.0903. The first kappa shape index (κ1) is 17.2. The molecule has 5 nitrogen and oxygen atoms in total. The predicted molar refractivity (Wildman–Crippen MR) is 86.1 cm³/mol. The van der Waals surface area contributed by atoms with Crippen LogP contribution in [0.3, 0.4) is 0 Å². The number of amides is 1. The Morgan fingerprint density at radius 1 is 1.24 bits per heavy atom. The average Bonchev–Trinajstić information content (AvgIpc) is 3.00. The number of hydrogen-bond acceptors (Lipinski definition) is 3. The van der Waals surface area contributed by atoms with Gasteiger partial charge in [0.15, 0.2) is 0 Å². The number of benzene rings is 1. The molecule has 2 rings (SSSR count). The van der Waals surface area contributed by atoms with Crippen molar-refractivity contribution in [3.63, 3.8) is 0 Å². The molecule has 1 aromatic heterocycles. The van der Waals surface area contributed by atoms with E-state index in [9.17, 15) is 4.79 Å². The van der Waals surface area contributed by atoms with E-state index in [2.05, 4.69) is 27.9 Å². The molecule has 0 saturated carbocycles. The molecule has 1 heterocycles. The lowest BCUT2D eigenvalue weighted by Gasteiger charge is -2.06. The van der Waals surface area contributed by atoms with Gasteiger partial charge in [-0.2, -0.15) is 5.10 Å². The molecular formula is C15H21ClN4O. The molecule has 6 heteroatoms. The van der Waals surface area contributed by atoms with E-state index in [0.717, 1.165) is 12.1 Å². The topological polar surface area (TPSA) is 59.0 Å². The summed E-state index contributed by atoms with van der Waals surface area (Å²) in [6.45, 7) is 1.38. The van der Waals surface area contributed by atoms with Crippen LogP contribution < -0.4 is 10.6 Å². The molecule has 114 valence electrons. The van der Waals surface area contributed by atoms with Crippen molar-refractivity contribution in [3.8, 4) is 5.69 Å². The molecule has 0 aliphatic rings. The monoisotopic (exact) mass is 308 g/mol. The summed E-state index contributed by atoms with van der Waals surface area (Å²) >= 11 is 0. The Bertz CT molecular complexity index is 525. The van der Waals surface area contributed by atoms with Crippen LogP contribution in [0.2, 0.25) is 0 Å². The maximum atomic E-state index is 11.4. The van der Waals surface area contributed by atoms with Crippen LogP contribution in [0.1, 0.15) is 12.0 Å². The van der Waals surface area contributed by atoms with Crippen LogP contribution in [-0.2, 0) is 11.2 Å². The Labute approximate surface area is 131 Å². The molecule has 0 radical (unpaired) electrons. The molecule has 0 atom stereocenters. The highest BCUT2D eigenvalue weighted by atomic mass is 35.5. The van der Waals surface area contributed by atoms with Crippen molar-refractivity contribution in [2.45, 2.75) is 12.8 Å². The summed E-state index contributed by atoms with van der Waals surface area (Å²) in [6, 6.07) is 10.1. The fourth-order valence-corrected chi connectivity index (χ4v) is 1.91. The lowest BCUT2D eigenvalue weighted by atomic mass is 10.1. The standard InChI is InChI=1S/C15H20N4O.ClH/c1-16-10-8-15(20)17-11-7-13-3-5-14(6-4-13)19-12-2-9-18-19;/h2-6,9,12,16H,7-8,10-11H2,1H3,(H,17,20);1H. The molecule has 21 heavy (non-hydrogen) atoms. The second-order valence-electron chi connectivity index (χ2n) is 4.57. The predicted octanol–water partition coefficient (Wildman–Crippen LogP) is 1.56. The van der Waals surface area contributed by atoms with Gasteiger partial charge in [-0.3, -0.25) is 4.79 Å². The first-order valence-electron chi connectivity index (χ1n) is 6.80. The van der Waals surface area contributed by atoms with Crippen molar-refractivity contribution in [1.82, 2.24) is 20.4 Å². The first-order valence-corrected chi connectivity index (χ1v) is 6.80. The summed E-state index contributed by atoms with van der Waals surface area (Å²) in [5.41, 5.74) is 2.24. The number of rotatable bonds is 7. The fraction of sp³-hybridized carbons (Fsp3) is 0.333. The highest BCUT2D eigenvalue weighted by molar-refractivity contribution is 5.85. The van der Waals surface area contributed by atoms with Crippen molar-refractivity contribution < 1.29 is 4.79 Å². The smallest absolute Gasteiger partial charge is 0.221 e. The van der Waals surface area contributed by atoms with Gasteiger partial charge in [0.2, 0.25) is 5.91 Å². The van der Waals surface area contributed by atoms with Crippen LogP contribution in [0.25, 0.3) is 5.69 Å². The average molecular weight is 309 g/mol. The third kappa shape index (κ3) is 5.57. The van der Waals surface area contributed by atoms with Gasteiger partial charge in [-0.1, -0.05) is 12.1 Å². The van der Waals surface area contributed by atoms with Gasteiger partial charge >= 0.3 is 0 Å². The summed E-state index contributed by atoms with van der Waals surface area (Å²) in [4.78, 5) is 11.4. The molecule has 1 aromatic carbocycles. The number of halogens is 1. The Hall–Kier alpha value is -1.85. The Balaban J connectivity index is 0.00000220. The lowest BCUT2D eigenvalue weighted by Crippen LogP contribution is -2.28. The van der Waals surface area contributed by atoms with Gasteiger partial charge in [-0.25, -0.2) is 4.68 Å². The molecule has 2 N–H and O–H groups in total. The molecule has 0 fully saturated rings. The van der Waals surface area contributed by atoms with Crippen LogP contribution in [-0.4, -0.2) is 35.8 Å². The molecule has 1 amide bonds. The summed E-state index contributed by atoms with van der Waals surface area (Å²) in [5, 5.41) is 10.1. The third-order valence-corrected chi connectivity index (χ3v) is 3.04. The van der Waals surface area contributed by atoms with Crippen LogP contribution in [0.5, 0.6) is 0 Å². The van der Waals surface area contributed by atoms with E-state index < -0.39 is 0 Å². The lowest BCUT2D eigenvalue weighted by molar-refractivity contribution is -0.120. The van der Waals surface area contributed by atoms with Gasteiger partial charge < -0.3 is 10.6 Å². The molecule has 0 bridgehead atoms. The van der Waals surface area contributed by atoms with Crippen LogP contribution in [0, 0.1) is 0 Å². The van der Waals surface area contributed by atoms with Crippen molar-refractivity contribution in [2.24, 2.45) is 0 Å². The van der Waals surface area contributed by atoms with Crippen molar-refractivity contribution in [3.05, 3.63) is 48.3 Å². The quantitative estimate of drug-likeness (QED) is 0.816. The zero-order valence-corrected chi connectivity index (χ0v) is 12.9. The van der Waals surface area contributed by atoms with Gasteiger partial charge in [-0.15, -0.1) is 12.4 Å². The van der Waals surface area contributed by atoms with Gasteiger partial charge in [0.1, 0.15) is 0 Å². The number of nitrogens with zero attached hydrogens (tertiary/aromatic N) is 2. The van der Waals surface area contributed by atoms with Gasteiger partial charge in [-0.05, 0) is 37.2 Å². The molecule has 0 unspecified atom stereocenters. The van der Waals surface area contributed by atoms with E-state index >= 15 is 0 Å². The highest BCUT2D eigenvalue weighted by Crippen LogP contribution is 2.08. The number of carbonyl (C=O) groups is 1. The minimum atomic E-state index is 0. The van der Waals surface area contributed by atoms with Gasteiger partial charge in [0.05, 0.1) is 5.69 Å². The summed E-state index contributed by atoms with van der Waals surface area (Å²) in [6.07, 6.45) is 5.03. The Morgan fingerprint density at radius 2 is 2.00 bits per heavy atom. The second-order valence-corrected chi connectivity index (χ2v) is 4.57. The normalized spacial score (nSPS) is 9.95. The van der Waals surface area contributed by atoms with Crippen LogP contribution in [0.4, 0.5) is 0 Å². The fourth-order valence-electron chi connectivity index (χ4n) is 1.91. The van der Waals surface area contributed by atoms with E-state index in [1.165, 1.54) is 5.56 Å². The largest absolute Gasteiger partial charge is 0.356 e. The third-order valence-electron chi connectivity index (χ3n) is 3.04. The number of carbonyl (C=O) groups excluding carboxylic acids is 1.